The van der Waals surface area contributed by atoms with E-state index in [1.54, 1.807) is 6.07 Å². The number of hydrogen-bond donors (Lipinski definition) is 0. The van der Waals surface area contributed by atoms with Gasteiger partial charge in [-0.3, -0.25) is 10.1 Å². The summed E-state index contributed by atoms with van der Waals surface area (Å²) in [5, 5.41) is 18.6. The van der Waals surface area contributed by atoms with Gasteiger partial charge < -0.3 is 0 Å². The molecule has 0 aromatic rings. The minimum absolute atomic E-state index is 0.471. The summed E-state index contributed by atoms with van der Waals surface area (Å²) in [6.45, 7) is 2.34. The fourth-order valence-electron chi connectivity index (χ4n) is 0.320. The van der Waals surface area contributed by atoms with Crippen LogP contribution in [0.1, 0.15) is 29.4 Å². The van der Waals surface area contributed by atoms with Crippen LogP contribution in [-0.2, 0) is 0 Å². The van der Waals surface area contributed by atoms with E-state index in [0.717, 1.165) is 0 Å². The molecule has 0 aliphatic heterocycles. The number of nitrogens with zero attached hydrogens (tertiary/aromatic N) is 2. The van der Waals surface area contributed by atoms with E-state index in [1.165, 1.54) is 13.8 Å². The maximum absolute atomic E-state index is 10.4. The zero-order valence-electron chi connectivity index (χ0n) is 7.92. The molecule has 0 aliphatic carbocycles. The highest BCUT2D eigenvalue weighted by molar-refractivity contribution is 4.76. The van der Waals surface area contributed by atoms with E-state index in [1.807, 2.05) is 0 Å². The number of rotatable bonds is 3. The van der Waals surface area contributed by atoms with Crippen molar-refractivity contribution in [3.8, 4) is 6.07 Å². The third kappa shape index (κ3) is 2.44. The second-order valence-corrected chi connectivity index (χ2v) is 2.33. The summed E-state index contributed by atoms with van der Waals surface area (Å²) >= 11 is 0. The SMILES string of the molecule is [2H]C([2H])(CC#N)C(C)(C)[N+](=O)[O-]. The first-order chi connectivity index (χ1) is 5.25. The van der Waals surface area contributed by atoms with Crippen molar-refractivity contribution in [1.82, 2.24) is 0 Å². The summed E-state index contributed by atoms with van der Waals surface area (Å²) in [5.41, 5.74) is -1.72. The van der Waals surface area contributed by atoms with E-state index < -0.39 is 23.3 Å². The first kappa shape index (κ1) is 5.66. The van der Waals surface area contributed by atoms with Gasteiger partial charge in [-0.2, -0.15) is 5.26 Å². The van der Waals surface area contributed by atoms with Crippen molar-refractivity contribution in [2.45, 2.75) is 32.2 Å². The van der Waals surface area contributed by atoms with Crippen molar-refractivity contribution in [3.63, 3.8) is 0 Å². The zero-order valence-corrected chi connectivity index (χ0v) is 5.92. The van der Waals surface area contributed by atoms with E-state index >= 15 is 0 Å². The lowest BCUT2D eigenvalue weighted by atomic mass is 10.0. The third-order valence-electron chi connectivity index (χ3n) is 1.06. The fourth-order valence-corrected chi connectivity index (χ4v) is 0.320. The van der Waals surface area contributed by atoms with E-state index in [0.29, 0.717) is 0 Å². The molecule has 0 unspecified atom stereocenters. The van der Waals surface area contributed by atoms with E-state index in [4.69, 9.17) is 8.00 Å². The van der Waals surface area contributed by atoms with Crippen molar-refractivity contribution in [1.29, 1.82) is 5.26 Å². The monoisotopic (exact) mass is 144 g/mol. The molecule has 0 saturated carbocycles. The Kier molecular flexibility index (Phi) is 1.79. The highest BCUT2D eigenvalue weighted by Gasteiger charge is 2.29. The van der Waals surface area contributed by atoms with Crippen LogP contribution in [0.15, 0.2) is 0 Å². The minimum Gasteiger partial charge on any atom is -0.264 e. The van der Waals surface area contributed by atoms with Gasteiger partial charge >= 0.3 is 0 Å². The molecule has 0 heterocycles. The van der Waals surface area contributed by atoms with Crippen LogP contribution in [0.25, 0.3) is 0 Å². The Labute approximate surface area is 62.4 Å². The first-order valence-corrected chi connectivity index (χ1v) is 2.77. The minimum atomic E-state index is -2.09. The third-order valence-corrected chi connectivity index (χ3v) is 1.06. The average Bonchev–Trinajstić information content (AvgIpc) is 1.86. The van der Waals surface area contributed by atoms with E-state index in [2.05, 4.69) is 0 Å². The summed E-state index contributed by atoms with van der Waals surface area (Å²) in [4.78, 5) is 9.69. The molecule has 0 radical (unpaired) electrons. The van der Waals surface area contributed by atoms with Gasteiger partial charge in [-0.15, -0.1) is 0 Å². The molecule has 0 rings (SSSR count). The Morgan fingerprint density at radius 1 is 1.90 bits per heavy atom. The molecule has 0 fully saturated rings. The summed E-state index contributed by atoms with van der Waals surface area (Å²) in [7, 11) is 0. The molecule has 0 N–H and O–H groups in total. The van der Waals surface area contributed by atoms with Crippen LogP contribution in [-0.4, -0.2) is 10.5 Å². The number of nitro groups is 1. The van der Waals surface area contributed by atoms with Crippen LogP contribution in [0.3, 0.4) is 0 Å². The van der Waals surface area contributed by atoms with Gasteiger partial charge in [0.15, 0.2) is 0 Å². The lowest BCUT2D eigenvalue weighted by Crippen LogP contribution is -2.30. The standard InChI is InChI=1S/C6H10N2O2/c1-6(2,8(9)10)4-3-5-7/h3-4H2,1-2H3/i4D2. The van der Waals surface area contributed by atoms with Gasteiger partial charge in [0.05, 0.1) is 6.07 Å². The quantitative estimate of drug-likeness (QED) is 0.443. The molecular weight excluding hydrogens is 132 g/mol. The second kappa shape index (κ2) is 3.16. The fraction of sp³-hybridized carbons (Fsp3) is 0.833. The summed E-state index contributed by atoms with van der Waals surface area (Å²) in [6.07, 6.45) is -2.56. The largest absolute Gasteiger partial charge is 0.264 e. The van der Waals surface area contributed by atoms with E-state index in [-0.39, 0.29) is 0 Å². The molecule has 0 bridgehead atoms. The van der Waals surface area contributed by atoms with Gasteiger partial charge in [0.1, 0.15) is 0 Å². The lowest BCUT2D eigenvalue weighted by Gasteiger charge is -2.12. The van der Waals surface area contributed by atoms with Gasteiger partial charge in [-0.1, -0.05) is 0 Å². The van der Waals surface area contributed by atoms with Gasteiger partial charge in [-0.05, 0) is 0 Å². The Morgan fingerprint density at radius 3 is 2.70 bits per heavy atom. The second-order valence-electron chi connectivity index (χ2n) is 2.33. The Morgan fingerprint density at radius 2 is 2.40 bits per heavy atom. The summed E-state index contributed by atoms with van der Waals surface area (Å²) < 4.78 is 14.5. The highest BCUT2D eigenvalue weighted by Crippen LogP contribution is 2.14. The molecule has 0 aliphatic rings. The zero-order chi connectivity index (χ0) is 9.99. The maximum atomic E-state index is 10.4. The average molecular weight is 144 g/mol. The topological polar surface area (TPSA) is 66.9 Å². The summed E-state index contributed by atoms with van der Waals surface area (Å²) in [5.74, 6) is 0. The van der Waals surface area contributed by atoms with Crippen molar-refractivity contribution in [2.24, 2.45) is 0 Å². The van der Waals surface area contributed by atoms with E-state index in [9.17, 15) is 10.1 Å². The Balaban J connectivity index is 4.77. The molecule has 4 nitrogen and oxygen atoms in total. The molecule has 0 spiro atoms. The number of nitriles is 1. The molecule has 0 amide bonds. The molecule has 10 heavy (non-hydrogen) atoms. The Bertz CT molecular complexity index is 232. The summed E-state index contributed by atoms with van der Waals surface area (Å²) in [6, 6.07) is 1.59. The maximum Gasteiger partial charge on any atom is 0.217 e. The van der Waals surface area contributed by atoms with Crippen LogP contribution in [0.2, 0.25) is 0 Å². The van der Waals surface area contributed by atoms with Crippen molar-refractivity contribution in [3.05, 3.63) is 10.1 Å². The molecule has 0 aromatic heterocycles. The highest BCUT2D eigenvalue weighted by atomic mass is 16.6. The van der Waals surface area contributed by atoms with Gasteiger partial charge in [0.25, 0.3) is 0 Å². The van der Waals surface area contributed by atoms with Gasteiger partial charge in [0, 0.05) is 34.3 Å². The first-order valence-electron chi connectivity index (χ1n) is 3.77. The van der Waals surface area contributed by atoms with Crippen molar-refractivity contribution < 1.29 is 7.66 Å². The smallest absolute Gasteiger partial charge is 0.217 e. The van der Waals surface area contributed by atoms with Crippen LogP contribution in [0, 0.1) is 21.4 Å². The van der Waals surface area contributed by atoms with Crippen LogP contribution in [0.5, 0.6) is 0 Å². The lowest BCUT2D eigenvalue weighted by molar-refractivity contribution is -0.561. The molecule has 56 valence electrons. The molecule has 0 aromatic carbocycles. The molecule has 0 saturated heterocycles. The normalized spacial score (nSPS) is 14.9. The molecular formula is C6H10N2O2. The van der Waals surface area contributed by atoms with Gasteiger partial charge in [-0.25, -0.2) is 0 Å². The predicted molar refractivity (Wildman–Crippen MR) is 35.9 cm³/mol. The molecule has 4 heteroatoms. The number of hydrogen-bond acceptors (Lipinski definition) is 3. The predicted octanol–water partition coefficient (Wildman–Crippen LogP) is 1.35. The van der Waals surface area contributed by atoms with Gasteiger partial charge in [0.2, 0.25) is 5.54 Å². The Hall–Kier alpha value is -1.11. The van der Waals surface area contributed by atoms with Crippen LogP contribution < -0.4 is 0 Å². The van der Waals surface area contributed by atoms with Crippen molar-refractivity contribution in [2.75, 3.05) is 0 Å². The van der Waals surface area contributed by atoms with Crippen molar-refractivity contribution >= 4 is 0 Å². The molecule has 0 atom stereocenters. The van der Waals surface area contributed by atoms with Crippen LogP contribution >= 0.6 is 0 Å². The van der Waals surface area contributed by atoms with Crippen LogP contribution in [0.4, 0.5) is 0 Å².